The monoisotopic (exact) mass is 410 g/mol. The Balaban J connectivity index is 1.73. The van der Waals surface area contributed by atoms with E-state index in [0.717, 1.165) is 11.1 Å². The Morgan fingerprint density at radius 1 is 1.03 bits per heavy atom. The molecule has 2 atom stereocenters. The minimum Gasteiger partial charge on any atom is -0.497 e. The number of hydrogen-bond acceptors (Lipinski definition) is 4. The van der Waals surface area contributed by atoms with Crippen LogP contribution in [0.2, 0.25) is 0 Å². The third-order valence-electron chi connectivity index (χ3n) is 4.71. The van der Waals surface area contributed by atoms with Gasteiger partial charge in [-0.05, 0) is 54.8 Å². The highest BCUT2D eigenvalue weighted by Gasteiger charge is 2.22. The first-order valence-electron chi connectivity index (χ1n) is 9.48. The molecule has 0 saturated carbocycles. The summed E-state index contributed by atoms with van der Waals surface area (Å²) < 4.78 is 23.3. The van der Waals surface area contributed by atoms with Gasteiger partial charge in [-0.25, -0.2) is 4.39 Å². The van der Waals surface area contributed by atoms with E-state index < -0.39 is 11.9 Å². The SMILES string of the molecule is COc1ccc(C(Cc2ccc(F)cc2)NC(=O)C(C)NC(=O)c2ccoc2)cc1. The number of amides is 2. The number of carbonyl (C=O) groups excluding carboxylic acids is 2. The van der Waals surface area contributed by atoms with Gasteiger partial charge in [0.15, 0.2) is 0 Å². The summed E-state index contributed by atoms with van der Waals surface area (Å²) in [6.07, 6.45) is 3.16. The van der Waals surface area contributed by atoms with Gasteiger partial charge < -0.3 is 19.8 Å². The van der Waals surface area contributed by atoms with Crippen molar-refractivity contribution in [1.82, 2.24) is 10.6 Å². The highest BCUT2D eigenvalue weighted by molar-refractivity contribution is 5.97. The number of benzene rings is 2. The van der Waals surface area contributed by atoms with Crippen LogP contribution in [0.5, 0.6) is 5.75 Å². The third kappa shape index (κ3) is 5.47. The second-order valence-corrected chi connectivity index (χ2v) is 6.87. The number of carbonyl (C=O) groups is 2. The first-order valence-corrected chi connectivity index (χ1v) is 9.48. The number of furan rings is 1. The van der Waals surface area contributed by atoms with Gasteiger partial charge in [0.05, 0.1) is 25.0 Å². The van der Waals surface area contributed by atoms with Crippen LogP contribution in [0.1, 0.15) is 34.5 Å². The van der Waals surface area contributed by atoms with E-state index in [4.69, 9.17) is 9.15 Å². The van der Waals surface area contributed by atoms with E-state index in [1.165, 1.54) is 30.7 Å². The summed E-state index contributed by atoms with van der Waals surface area (Å²) in [6, 6.07) is 13.9. The molecule has 0 saturated heterocycles. The minimum absolute atomic E-state index is 0.320. The number of ether oxygens (including phenoxy) is 1. The van der Waals surface area contributed by atoms with Gasteiger partial charge in [0, 0.05) is 0 Å². The van der Waals surface area contributed by atoms with Crippen LogP contribution in [0.3, 0.4) is 0 Å². The van der Waals surface area contributed by atoms with Gasteiger partial charge in [0.25, 0.3) is 5.91 Å². The van der Waals surface area contributed by atoms with Gasteiger partial charge in [-0.1, -0.05) is 24.3 Å². The fourth-order valence-corrected chi connectivity index (χ4v) is 2.98. The maximum atomic E-state index is 13.3. The van der Waals surface area contributed by atoms with Gasteiger partial charge in [-0.3, -0.25) is 9.59 Å². The summed E-state index contributed by atoms with van der Waals surface area (Å²) in [5, 5.41) is 5.62. The summed E-state index contributed by atoms with van der Waals surface area (Å²) in [6.45, 7) is 1.61. The number of nitrogens with one attached hydrogen (secondary N) is 2. The zero-order valence-corrected chi connectivity index (χ0v) is 16.7. The largest absolute Gasteiger partial charge is 0.497 e. The lowest BCUT2D eigenvalue weighted by Gasteiger charge is -2.22. The van der Waals surface area contributed by atoms with Gasteiger partial charge >= 0.3 is 0 Å². The smallest absolute Gasteiger partial charge is 0.255 e. The van der Waals surface area contributed by atoms with E-state index in [1.807, 2.05) is 24.3 Å². The van der Waals surface area contributed by atoms with Gasteiger partial charge in [-0.2, -0.15) is 0 Å². The van der Waals surface area contributed by atoms with Crippen LogP contribution < -0.4 is 15.4 Å². The van der Waals surface area contributed by atoms with Crippen molar-refractivity contribution in [3.05, 3.63) is 89.6 Å². The predicted octanol–water partition coefficient (Wildman–Crippen LogP) is 3.65. The summed E-state index contributed by atoms with van der Waals surface area (Å²) >= 11 is 0. The highest BCUT2D eigenvalue weighted by atomic mass is 19.1. The second kappa shape index (κ2) is 9.73. The zero-order valence-electron chi connectivity index (χ0n) is 16.7. The maximum Gasteiger partial charge on any atom is 0.255 e. The molecule has 2 amide bonds. The number of hydrogen-bond donors (Lipinski definition) is 2. The van der Waals surface area contributed by atoms with Crippen LogP contribution in [0.4, 0.5) is 4.39 Å². The van der Waals surface area contributed by atoms with E-state index in [1.54, 1.807) is 26.2 Å². The fourth-order valence-electron chi connectivity index (χ4n) is 2.98. The molecule has 3 aromatic rings. The quantitative estimate of drug-likeness (QED) is 0.594. The van der Waals surface area contributed by atoms with Gasteiger partial charge in [0.1, 0.15) is 23.9 Å². The molecule has 30 heavy (non-hydrogen) atoms. The van der Waals surface area contributed by atoms with E-state index in [2.05, 4.69) is 10.6 Å². The Morgan fingerprint density at radius 3 is 2.33 bits per heavy atom. The number of methoxy groups -OCH3 is 1. The Kier molecular flexibility index (Phi) is 6.85. The first-order chi connectivity index (χ1) is 14.5. The molecule has 3 rings (SSSR count). The van der Waals surface area contributed by atoms with Crippen molar-refractivity contribution in [3.8, 4) is 5.75 Å². The van der Waals surface area contributed by atoms with Crippen LogP contribution in [0, 0.1) is 5.82 Å². The lowest BCUT2D eigenvalue weighted by atomic mass is 9.98. The molecule has 0 radical (unpaired) electrons. The molecule has 7 heteroatoms. The fraction of sp³-hybridized carbons (Fsp3) is 0.217. The van der Waals surface area contributed by atoms with E-state index in [-0.39, 0.29) is 17.8 Å². The Labute approximate surface area is 174 Å². The molecule has 0 bridgehead atoms. The zero-order chi connectivity index (χ0) is 21.5. The van der Waals surface area contributed by atoms with Crippen molar-refractivity contribution in [3.63, 3.8) is 0 Å². The van der Waals surface area contributed by atoms with Crippen molar-refractivity contribution in [2.45, 2.75) is 25.4 Å². The Hall–Kier alpha value is -3.61. The number of halogens is 1. The molecule has 1 aromatic heterocycles. The lowest BCUT2D eigenvalue weighted by molar-refractivity contribution is -0.123. The van der Waals surface area contributed by atoms with Crippen LogP contribution in [-0.4, -0.2) is 25.0 Å². The Morgan fingerprint density at radius 2 is 1.73 bits per heavy atom. The normalized spacial score (nSPS) is 12.6. The van der Waals surface area contributed by atoms with Crippen molar-refractivity contribution in [1.29, 1.82) is 0 Å². The van der Waals surface area contributed by atoms with Crippen LogP contribution in [-0.2, 0) is 11.2 Å². The van der Waals surface area contributed by atoms with Gasteiger partial charge in [0.2, 0.25) is 5.91 Å². The first kappa shape index (κ1) is 21.1. The van der Waals surface area contributed by atoms with Crippen molar-refractivity contribution in [2.24, 2.45) is 0 Å². The van der Waals surface area contributed by atoms with Crippen molar-refractivity contribution in [2.75, 3.05) is 7.11 Å². The van der Waals surface area contributed by atoms with Crippen molar-refractivity contribution < 1.29 is 23.1 Å². The minimum atomic E-state index is -0.763. The molecule has 0 fully saturated rings. The Bertz CT molecular complexity index is 969. The summed E-state index contributed by atoms with van der Waals surface area (Å²) in [5.74, 6) is -0.355. The van der Waals surface area contributed by atoms with Gasteiger partial charge in [-0.15, -0.1) is 0 Å². The predicted molar refractivity (Wildman–Crippen MR) is 110 cm³/mol. The molecule has 0 aliphatic rings. The van der Waals surface area contributed by atoms with Crippen molar-refractivity contribution >= 4 is 11.8 Å². The molecule has 0 aliphatic carbocycles. The molecule has 6 nitrogen and oxygen atoms in total. The maximum absolute atomic E-state index is 13.3. The molecular weight excluding hydrogens is 387 g/mol. The standard InChI is InChI=1S/C23H23FN2O4/c1-15(25-23(28)18-11-12-30-14-18)22(27)26-21(13-16-3-7-19(24)8-4-16)17-5-9-20(29-2)10-6-17/h3-12,14-15,21H,13H2,1-2H3,(H,25,28)(H,26,27). The summed E-state index contributed by atoms with van der Waals surface area (Å²) in [5.41, 5.74) is 2.07. The summed E-state index contributed by atoms with van der Waals surface area (Å²) in [7, 11) is 1.58. The van der Waals surface area contributed by atoms with Crippen LogP contribution in [0.15, 0.2) is 71.5 Å². The molecular formula is C23H23FN2O4. The van der Waals surface area contributed by atoms with E-state index in [0.29, 0.717) is 17.7 Å². The topological polar surface area (TPSA) is 80.6 Å². The van der Waals surface area contributed by atoms with Crippen LogP contribution in [0.25, 0.3) is 0 Å². The van der Waals surface area contributed by atoms with E-state index >= 15 is 0 Å². The third-order valence-corrected chi connectivity index (χ3v) is 4.71. The molecule has 156 valence electrons. The van der Waals surface area contributed by atoms with E-state index in [9.17, 15) is 14.0 Å². The average molecular weight is 410 g/mol. The van der Waals surface area contributed by atoms with Crippen LogP contribution >= 0.6 is 0 Å². The lowest BCUT2D eigenvalue weighted by Crippen LogP contribution is -2.46. The molecule has 2 aromatic carbocycles. The molecule has 0 aliphatic heterocycles. The molecule has 0 spiro atoms. The second-order valence-electron chi connectivity index (χ2n) is 6.87. The molecule has 2 N–H and O–H groups in total. The highest BCUT2D eigenvalue weighted by Crippen LogP contribution is 2.22. The average Bonchev–Trinajstić information content (AvgIpc) is 3.30. The number of rotatable bonds is 8. The molecule has 2 unspecified atom stereocenters. The summed E-state index contributed by atoms with van der Waals surface area (Å²) in [4.78, 5) is 24.9. The molecule has 1 heterocycles.